The fraction of sp³-hybridized carbons (Fsp3) is 0.643. The third-order valence-electron chi connectivity index (χ3n) is 9.77. The molecule has 0 radical (unpaired) electrons. The monoisotopic (exact) mass is 434 g/mol. The Morgan fingerprint density at radius 1 is 1.06 bits per heavy atom. The minimum atomic E-state index is -0.207. The molecule has 1 aliphatic heterocycles. The van der Waals surface area contributed by atoms with Crippen LogP contribution in [-0.2, 0) is 16.0 Å². The Bertz CT molecular complexity index is 925. The third-order valence-corrected chi connectivity index (χ3v) is 9.77. The first-order chi connectivity index (χ1) is 15.3. The zero-order valence-corrected chi connectivity index (χ0v) is 19.9. The molecule has 3 saturated carbocycles. The molecule has 3 aliphatic carbocycles. The van der Waals surface area contributed by atoms with Gasteiger partial charge in [0, 0.05) is 25.0 Å². The number of hydrogen-bond acceptors (Lipinski definition) is 2. The predicted molar refractivity (Wildman–Crippen MR) is 127 cm³/mol. The maximum Gasteiger partial charge on any atom is 0.259 e. The van der Waals surface area contributed by atoms with Crippen molar-refractivity contribution >= 4 is 11.8 Å². The van der Waals surface area contributed by atoms with Crippen LogP contribution in [0.5, 0.6) is 0 Å². The van der Waals surface area contributed by atoms with Crippen molar-refractivity contribution in [1.82, 2.24) is 10.2 Å². The van der Waals surface area contributed by atoms with Gasteiger partial charge in [-0.05, 0) is 73.7 Å². The van der Waals surface area contributed by atoms with E-state index in [1.807, 2.05) is 30.1 Å². The standard InChI is InChI=1S/C28H38N2O2/c1-27-15-7-10-22(27)20-11-12-24-28(2,23(20)13-16-27)18-21(26(32)30(24)3)25(31)29-17-14-19-8-5-4-6-9-19/h4-6,8-9,18,20,22-24H,7,10-17H2,1-3H3,(H,29,31)/t20-,22-,23+,24?,27-,28+/m0/s1. The van der Waals surface area contributed by atoms with E-state index in [-0.39, 0.29) is 23.3 Å². The second kappa shape index (κ2) is 8.04. The number of benzene rings is 1. The lowest BCUT2D eigenvalue weighted by molar-refractivity contribution is -0.141. The molecule has 2 amide bonds. The molecular weight excluding hydrogens is 396 g/mol. The van der Waals surface area contributed by atoms with E-state index in [0.717, 1.165) is 24.7 Å². The molecule has 1 aromatic carbocycles. The molecule has 0 saturated heterocycles. The molecule has 4 aliphatic rings. The first-order valence-corrected chi connectivity index (χ1v) is 12.7. The summed E-state index contributed by atoms with van der Waals surface area (Å²) in [6, 6.07) is 10.4. The van der Waals surface area contributed by atoms with Crippen LogP contribution >= 0.6 is 0 Å². The van der Waals surface area contributed by atoms with Gasteiger partial charge in [-0.2, -0.15) is 0 Å². The molecule has 5 rings (SSSR count). The molecule has 172 valence electrons. The van der Waals surface area contributed by atoms with Crippen LogP contribution in [0.15, 0.2) is 42.0 Å². The molecule has 1 heterocycles. The second-order valence-electron chi connectivity index (χ2n) is 11.4. The highest BCUT2D eigenvalue weighted by Crippen LogP contribution is 2.64. The fourth-order valence-electron chi connectivity index (χ4n) is 8.11. The van der Waals surface area contributed by atoms with Gasteiger partial charge in [0.05, 0.1) is 0 Å². The number of hydrogen-bond donors (Lipinski definition) is 1. The minimum absolute atomic E-state index is 0.107. The predicted octanol–water partition coefficient (Wildman–Crippen LogP) is 4.75. The zero-order valence-electron chi connectivity index (χ0n) is 19.9. The van der Waals surface area contributed by atoms with E-state index in [0.29, 0.717) is 23.5 Å². The number of nitrogens with one attached hydrogen (secondary N) is 1. The van der Waals surface area contributed by atoms with E-state index in [2.05, 4.69) is 37.4 Å². The highest BCUT2D eigenvalue weighted by Gasteiger charge is 2.59. The lowest BCUT2D eigenvalue weighted by Crippen LogP contribution is -2.61. The van der Waals surface area contributed by atoms with Gasteiger partial charge in [-0.25, -0.2) is 0 Å². The molecule has 1 unspecified atom stereocenters. The normalized spacial score (nSPS) is 38.4. The fourth-order valence-corrected chi connectivity index (χ4v) is 8.11. The van der Waals surface area contributed by atoms with Gasteiger partial charge in [-0.3, -0.25) is 9.59 Å². The van der Waals surface area contributed by atoms with Crippen molar-refractivity contribution in [2.75, 3.05) is 13.6 Å². The highest BCUT2D eigenvalue weighted by molar-refractivity contribution is 6.19. The number of carbonyl (C=O) groups excluding carboxylic acids is 2. The average Bonchev–Trinajstić information content (AvgIpc) is 3.19. The van der Waals surface area contributed by atoms with Gasteiger partial charge in [-0.15, -0.1) is 0 Å². The number of amides is 2. The van der Waals surface area contributed by atoms with Crippen molar-refractivity contribution in [3.8, 4) is 0 Å². The van der Waals surface area contributed by atoms with E-state index < -0.39 is 0 Å². The van der Waals surface area contributed by atoms with Gasteiger partial charge in [-0.1, -0.05) is 56.7 Å². The Morgan fingerprint density at radius 2 is 1.84 bits per heavy atom. The summed E-state index contributed by atoms with van der Waals surface area (Å²) in [7, 11) is 1.92. The Morgan fingerprint density at radius 3 is 2.62 bits per heavy atom. The average molecular weight is 435 g/mol. The summed E-state index contributed by atoms with van der Waals surface area (Å²) >= 11 is 0. The molecule has 1 N–H and O–H groups in total. The van der Waals surface area contributed by atoms with Crippen molar-refractivity contribution < 1.29 is 9.59 Å². The Balaban J connectivity index is 1.37. The number of carbonyl (C=O) groups is 2. The van der Waals surface area contributed by atoms with Crippen LogP contribution in [0.4, 0.5) is 0 Å². The van der Waals surface area contributed by atoms with Crippen LogP contribution in [0.25, 0.3) is 0 Å². The molecular formula is C28H38N2O2. The second-order valence-corrected chi connectivity index (χ2v) is 11.4. The third kappa shape index (κ3) is 3.41. The molecule has 4 nitrogen and oxygen atoms in total. The Hall–Kier alpha value is -2.10. The summed E-state index contributed by atoms with van der Waals surface area (Å²) in [5, 5.41) is 3.02. The van der Waals surface area contributed by atoms with Crippen LogP contribution in [0, 0.1) is 28.6 Å². The Labute approximate surface area is 192 Å². The summed E-state index contributed by atoms with van der Waals surface area (Å²) < 4.78 is 0. The van der Waals surface area contributed by atoms with E-state index in [1.54, 1.807) is 0 Å². The number of likely N-dealkylation sites (N-methyl/N-ethyl adjacent to an activating group) is 1. The van der Waals surface area contributed by atoms with Crippen LogP contribution < -0.4 is 5.32 Å². The molecule has 3 fully saturated rings. The molecule has 0 bridgehead atoms. The SMILES string of the molecule is CN1C(=O)C(C(=O)NCCc2ccccc2)=C[C@@]2(C)C1CC[C@@H]1[C@H]2CC[C@]2(C)CCC[C@@H]12. The Kier molecular flexibility index (Phi) is 5.46. The molecule has 1 aromatic rings. The summed E-state index contributed by atoms with van der Waals surface area (Å²) in [6.07, 6.45) is 11.8. The van der Waals surface area contributed by atoms with Crippen molar-refractivity contribution in [2.24, 2.45) is 28.6 Å². The van der Waals surface area contributed by atoms with Crippen LogP contribution in [0.2, 0.25) is 0 Å². The van der Waals surface area contributed by atoms with E-state index >= 15 is 0 Å². The van der Waals surface area contributed by atoms with Crippen molar-refractivity contribution in [3.05, 3.63) is 47.5 Å². The smallest absolute Gasteiger partial charge is 0.259 e. The minimum Gasteiger partial charge on any atom is -0.352 e. The molecule has 0 spiro atoms. The van der Waals surface area contributed by atoms with Crippen molar-refractivity contribution in [2.45, 2.75) is 71.3 Å². The summed E-state index contributed by atoms with van der Waals surface area (Å²) in [6.45, 7) is 5.41. The largest absolute Gasteiger partial charge is 0.352 e. The van der Waals surface area contributed by atoms with E-state index in [1.165, 1.54) is 44.1 Å². The summed E-state index contributed by atoms with van der Waals surface area (Å²) in [5.74, 6) is 1.81. The lowest BCUT2D eigenvalue weighted by atomic mass is 9.48. The number of rotatable bonds is 4. The van der Waals surface area contributed by atoms with Crippen LogP contribution in [0.3, 0.4) is 0 Å². The van der Waals surface area contributed by atoms with Crippen LogP contribution in [-0.4, -0.2) is 36.3 Å². The molecule has 0 aromatic heterocycles. The highest BCUT2D eigenvalue weighted by atomic mass is 16.2. The van der Waals surface area contributed by atoms with Gasteiger partial charge < -0.3 is 10.2 Å². The first kappa shape index (κ1) is 21.7. The van der Waals surface area contributed by atoms with Gasteiger partial charge in [0.25, 0.3) is 11.8 Å². The van der Waals surface area contributed by atoms with Gasteiger partial charge >= 0.3 is 0 Å². The van der Waals surface area contributed by atoms with Crippen molar-refractivity contribution in [3.63, 3.8) is 0 Å². The maximum absolute atomic E-state index is 13.2. The lowest BCUT2D eigenvalue weighted by Gasteiger charge is -2.60. The number of fused-ring (bicyclic) bond motifs is 5. The quantitative estimate of drug-likeness (QED) is 0.696. The first-order valence-electron chi connectivity index (χ1n) is 12.7. The summed E-state index contributed by atoms with van der Waals surface area (Å²) in [5.41, 5.74) is 1.96. The van der Waals surface area contributed by atoms with Gasteiger partial charge in [0.1, 0.15) is 5.57 Å². The van der Waals surface area contributed by atoms with E-state index in [4.69, 9.17) is 0 Å². The zero-order chi connectivity index (χ0) is 22.5. The summed E-state index contributed by atoms with van der Waals surface area (Å²) in [4.78, 5) is 28.2. The topological polar surface area (TPSA) is 49.4 Å². The van der Waals surface area contributed by atoms with Gasteiger partial charge in [0.2, 0.25) is 0 Å². The van der Waals surface area contributed by atoms with Gasteiger partial charge in [0.15, 0.2) is 0 Å². The van der Waals surface area contributed by atoms with Crippen LogP contribution in [0.1, 0.15) is 64.4 Å². The molecule has 32 heavy (non-hydrogen) atoms. The van der Waals surface area contributed by atoms with E-state index in [9.17, 15) is 9.59 Å². The molecule has 4 heteroatoms. The maximum atomic E-state index is 13.2. The number of nitrogens with zero attached hydrogens (tertiary/aromatic N) is 1. The molecule has 6 atom stereocenters. The van der Waals surface area contributed by atoms with Crippen molar-refractivity contribution in [1.29, 1.82) is 0 Å².